The molecule has 6 aromatic carbocycles. The van der Waals surface area contributed by atoms with Crippen LogP contribution in [0, 0.1) is 0 Å². The Hall–Kier alpha value is -3.49. The van der Waals surface area contributed by atoms with Gasteiger partial charge in [0.25, 0.3) is 0 Å². The van der Waals surface area contributed by atoms with Crippen LogP contribution in [0.25, 0.3) is 43.1 Å². The van der Waals surface area contributed by atoms with Crippen LogP contribution < -0.4 is 10.6 Å². The maximum atomic E-state index is 12.9. The number of benzene rings is 6. The Balaban J connectivity index is 0.000000599. The number of amides is 2. The summed E-state index contributed by atoms with van der Waals surface area (Å²) in [6, 6.07) is 37.1. The molecule has 0 aliphatic rings. The monoisotopic (exact) mass is 528 g/mol. The Morgan fingerprint density at radius 1 is 0.514 bits per heavy atom. The van der Waals surface area contributed by atoms with E-state index in [9.17, 15) is 4.79 Å². The van der Waals surface area contributed by atoms with Gasteiger partial charge in [-0.1, -0.05) is 97.1 Å². The Morgan fingerprint density at radius 2 is 0.892 bits per heavy atom. The standard InChI is InChI=1S/C29H19NOS.CH3NOS.Mg/c31-29(32)30(27-13-5-11-23-21-9-3-1-7-19(21)15-17-25(23)27)28-14-6-12-24-22-10-4-2-8-20(22)16-18-26(24)28;2-1(3)4;/h1-18H,(H,31,32);(H3,2,3,4);/q;;+2/p-2. The van der Waals surface area contributed by atoms with Crippen molar-refractivity contribution in [3.63, 3.8) is 0 Å². The largest absolute Gasteiger partial charge is 2.00 e. The first-order valence-corrected chi connectivity index (χ1v) is 12.1. The van der Waals surface area contributed by atoms with Gasteiger partial charge in [0.05, 0.1) is 16.6 Å². The molecule has 0 heterocycles. The number of hydrogen-bond acceptors (Lipinski definition) is 4. The molecule has 4 nitrogen and oxygen atoms in total. The van der Waals surface area contributed by atoms with Crippen molar-refractivity contribution >= 4 is 113 Å². The number of rotatable bonds is 2. The minimum Gasteiger partial charge on any atom is -0.719 e. The first-order chi connectivity index (χ1) is 17.5. The van der Waals surface area contributed by atoms with E-state index in [2.05, 4.69) is 79.0 Å². The molecular weight excluding hydrogens is 509 g/mol. The van der Waals surface area contributed by atoms with Gasteiger partial charge >= 0.3 is 23.1 Å². The van der Waals surface area contributed by atoms with Gasteiger partial charge in [-0.15, -0.1) is 0 Å². The van der Waals surface area contributed by atoms with Gasteiger partial charge in [-0.3, -0.25) is 4.90 Å². The molecule has 0 aliphatic heterocycles. The molecule has 0 fully saturated rings. The predicted octanol–water partition coefficient (Wildman–Crippen LogP) is 7.34. The maximum absolute atomic E-state index is 12.9. The van der Waals surface area contributed by atoms with Gasteiger partial charge in [0, 0.05) is 10.8 Å². The van der Waals surface area contributed by atoms with E-state index in [1.165, 1.54) is 10.8 Å². The van der Waals surface area contributed by atoms with E-state index in [1.807, 2.05) is 48.5 Å². The topological polar surface area (TPSA) is 63.4 Å². The second-order valence-corrected chi connectivity index (χ2v) is 8.99. The average Bonchev–Trinajstić information content (AvgIpc) is 2.88. The summed E-state index contributed by atoms with van der Waals surface area (Å²) in [5, 5.41) is 7.70. The van der Waals surface area contributed by atoms with E-state index >= 15 is 0 Å². The third kappa shape index (κ3) is 5.17. The van der Waals surface area contributed by atoms with Crippen LogP contribution in [0.15, 0.2) is 109 Å². The summed E-state index contributed by atoms with van der Waals surface area (Å²) in [6.07, 6.45) is 0. The van der Waals surface area contributed by atoms with Gasteiger partial charge < -0.3 is 40.6 Å². The molecule has 176 valence electrons. The van der Waals surface area contributed by atoms with Crippen LogP contribution in [-0.4, -0.2) is 33.5 Å². The van der Waals surface area contributed by atoms with Crippen molar-refractivity contribution in [2.24, 2.45) is 5.73 Å². The van der Waals surface area contributed by atoms with Gasteiger partial charge in [-0.05, 0) is 44.5 Å². The minimum absolute atomic E-state index is 0. The van der Waals surface area contributed by atoms with Gasteiger partial charge in [-0.2, -0.15) is 0 Å². The van der Waals surface area contributed by atoms with Crippen LogP contribution in [0.5, 0.6) is 0 Å². The molecule has 37 heavy (non-hydrogen) atoms. The molecule has 0 spiro atoms. The Kier molecular flexibility index (Phi) is 8.09. The van der Waals surface area contributed by atoms with Crippen LogP contribution in [0.3, 0.4) is 0 Å². The number of anilines is 2. The molecule has 6 aromatic rings. The van der Waals surface area contributed by atoms with Crippen molar-refractivity contribution in [2.75, 3.05) is 4.90 Å². The fraction of sp³-hybridized carbons (Fsp3) is 0. The van der Waals surface area contributed by atoms with Gasteiger partial charge in [0.15, 0.2) is 0 Å². The normalized spacial score (nSPS) is 10.5. The molecule has 0 unspecified atom stereocenters. The molecule has 0 aromatic heterocycles. The zero-order chi connectivity index (χ0) is 25.2. The van der Waals surface area contributed by atoms with Crippen LogP contribution in [-0.2, 0) is 25.3 Å². The smallest absolute Gasteiger partial charge is 0.719 e. The number of nitrogens with two attached hydrogens (primary N) is 1. The van der Waals surface area contributed by atoms with Crippen molar-refractivity contribution in [1.82, 2.24) is 0 Å². The number of hydrogen-bond donors (Lipinski definition) is 1. The number of carbonyl (C=O) groups excluding carboxylic acids is 2. The molecule has 0 atom stereocenters. The number of fused-ring (bicyclic) bond motifs is 6. The first-order valence-electron chi connectivity index (χ1n) is 11.2. The van der Waals surface area contributed by atoms with Crippen LogP contribution in [0.2, 0.25) is 0 Å². The quantitative estimate of drug-likeness (QED) is 0.145. The SMILES string of the molecule is NC(=O)[S-].O=C([S-])N(c1cccc2c1ccc1ccccc12)c1cccc2c1ccc1ccccc12.[Mg+2]. The molecule has 0 bridgehead atoms. The Bertz CT molecular complexity index is 1670. The Labute approximate surface area is 241 Å². The number of nitrogens with zero attached hydrogens (tertiary/aromatic N) is 1. The average molecular weight is 529 g/mol. The first kappa shape index (κ1) is 26.6. The van der Waals surface area contributed by atoms with E-state index in [0.29, 0.717) is 0 Å². The van der Waals surface area contributed by atoms with Crippen molar-refractivity contribution in [3.8, 4) is 0 Å². The molecule has 0 saturated heterocycles. The second-order valence-electron chi connectivity index (χ2n) is 8.24. The molecule has 0 saturated carbocycles. The van der Waals surface area contributed by atoms with Gasteiger partial charge in [0.1, 0.15) is 5.24 Å². The van der Waals surface area contributed by atoms with Crippen molar-refractivity contribution in [1.29, 1.82) is 0 Å². The zero-order valence-corrected chi connectivity index (χ0v) is 22.8. The molecule has 2 amide bonds. The summed E-state index contributed by atoms with van der Waals surface area (Å²) < 4.78 is 0. The fourth-order valence-corrected chi connectivity index (χ4v) is 4.96. The summed E-state index contributed by atoms with van der Waals surface area (Å²) >= 11 is 9.03. The van der Waals surface area contributed by atoms with Crippen LogP contribution in [0.1, 0.15) is 0 Å². The third-order valence-electron chi connectivity index (χ3n) is 6.19. The molecular formula is C30H20MgN2O2S2. The summed E-state index contributed by atoms with van der Waals surface area (Å²) in [7, 11) is 0. The zero-order valence-electron chi connectivity index (χ0n) is 19.8. The summed E-state index contributed by atoms with van der Waals surface area (Å²) in [6.45, 7) is 0. The third-order valence-corrected chi connectivity index (χ3v) is 6.37. The summed E-state index contributed by atoms with van der Waals surface area (Å²) in [5.41, 5.74) is 5.89. The minimum atomic E-state index is -0.750. The number of carbonyl (C=O) groups is 2. The molecule has 0 aliphatic carbocycles. The summed E-state index contributed by atoms with van der Waals surface area (Å²) in [5.74, 6) is 0. The Morgan fingerprint density at radius 3 is 1.30 bits per heavy atom. The van der Waals surface area contributed by atoms with E-state index in [1.54, 1.807) is 4.90 Å². The second kappa shape index (κ2) is 11.3. The molecule has 6 rings (SSSR count). The molecule has 0 radical (unpaired) electrons. The summed E-state index contributed by atoms with van der Waals surface area (Å²) in [4.78, 5) is 23.6. The van der Waals surface area contributed by atoms with E-state index in [4.69, 9.17) is 17.4 Å². The van der Waals surface area contributed by atoms with Gasteiger partial charge in [0.2, 0.25) is 0 Å². The van der Waals surface area contributed by atoms with Crippen LogP contribution >= 0.6 is 0 Å². The van der Waals surface area contributed by atoms with Crippen molar-refractivity contribution < 1.29 is 9.59 Å². The van der Waals surface area contributed by atoms with E-state index in [0.717, 1.165) is 43.7 Å². The fourth-order valence-electron chi connectivity index (χ4n) is 4.76. The predicted molar refractivity (Wildman–Crippen MR) is 161 cm³/mol. The molecule has 2 N–H and O–H groups in total. The molecule has 7 heteroatoms. The maximum Gasteiger partial charge on any atom is 2.00 e. The van der Waals surface area contributed by atoms with Gasteiger partial charge in [-0.25, -0.2) is 0 Å². The van der Waals surface area contributed by atoms with Crippen molar-refractivity contribution in [2.45, 2.75) is 0 Å². The van der Waals surface area contributed by atoms with E-state index < -0.39 is 10.5 Å². The van der Waals surface area contributed by atoms with Crippen molar-refractivity contribution in [3.05, 3.63) is 109 Å². The number of primary amides is 1. The van der Waals surface area contributed by atoms with E-state index in [-0.39, 0.29) is 23.1 Å². The van der Waals surface area contributed by atoms with Crippen LogP contribution in [0.4, 0.5) is 21.0 Å².